The van der Waals surface area contributed by atoms with E-state index >= 15 is 0 Å². The Balaban J connectivity index is 1.75. The van der Waals surface area contributed by atoms with Gasteiger partial charge >= 0.3 is 6.03 Å². The molecule has 138 valence electrons. The van der Waals surface area contributed by atoms with Crippen molar-refractivity contribution in [3.8, 4) is 0 Å². The fraction of sp³-hybridized carbons (Fsp3) is 0.286. The normalized spacial score (nSPS) is 14.8. The van der Waals surface area contributed by atoms with Gasteiger partial charge in [-0.3, -0.25) is 15.4 Å². The quantitative estimate of drug-likeness (QED) is 0.613. The number of ether oxygens (including phenoxy) is 1. The van der Waals surface area contributed by atoms with Gasteiger partial charge in [0, 0.05) is 25.2 Å². The molecular formula is C14H14N4O6S2. The van der Waals surface area contributed by atoms with Gasteiger partial charge in [-0.1, -0.05) is 11.3 Å². The van der Waals surface area contributed by atoms with Crippen LogP contribution in [-0.2, 0) is 14.6 Å². The minimum Gasteiger partial charge on any atom is -0.378 e. The van der Waals surface area contributed by atoms with Crippen molar-refractivity contribution in [2.75, 3.05) is 31.6 Å². The lowest BCUT2D eigenvalue weighted by molar-refractivity contribution is -0.384. The zero-order valence-corrected chi connectivity index (χ0v) is 15.0. The number of amides is 2. The van der Waals surface area contributed by atoms with Crippen LogP contribution in [0.5, 0.6) is 0 Å². The number of urea groups is 1. The maximum absolute atomic E-state index is 12.6. The Bertz CT molecular complexity index is 919. The Morgan fingerprint density at radius 2 is 1.92 bits per heavy atom. The number of sulfone groups is 1. The maximum Gasteiger partial charge on any atom is 0.323 e. The average Bonchev–Trinajstić information content (AvgIpc) is 3.12. The molecule has 1 aliphatic rings. The van der Waals surface area contributed by atoms with Gasteiger partial charge in [0.25, 0.3) is 5.69 Å². The summed E-state index contributed by atoms with van der Waals surface area (Å²) in [6.07, 6.45) is 1.15. The van der Waals surface area contributed by atoms with E-state index in [0.29, 0.717) is 26.3 Å². The highest BCUT2D eigenvalue weighted by Gasteiger charge is 2.23. The number of anilines is 1. The fourth-order valence-corrected chi connectivity index (χ4v) is 4.66. The van der Waals surface area contributed by atoms with E-state index in [1.165, 1.54) is 12.1 Å². The summed E-state index contributed by atoms with van der Waals surface area (Å²) in [6, 6.07) is 4.20. The Labute approximate surface area is 152 Å². The van der Waals surface area contributed by atoms with Crippen molar-refractivity contribution in [3.05, 3.63) is 40.6 Å². The van der Waals surface area contributed by atoms with Gasteiger partial charge in [0.15, 0.2) is 5.13 Å². The molecular weight excluding hydrogens is 384 g/mol. The van der Waals surface area contributed by atoms with Crippen molar-refractivity contribution >= 4 is 38.0 Å². The summed E-state index contributed by atoms with van der Waals surface area (Å²) in [4.78, 5) is 27.6. The number of hydrogen-bond acceptors (Lipinski definition) is 8. The second-order valence-corrected chi connectivity index (χ2v) is 8.48. The summed E-state index contributed by atoms with van der Waals surface area (Å²) in [6.45, 7) is 1.80. The van der Waals surface area contributed by atoms with Gasteiger partial charge in [0.05, 0.1) is 29.2 Å². The molecule has 2 amide bonds. The molecule has 2 aromatic rings. The second kappa shape index (κ2) is 7.35. The lowest BCUT2D eigenvalue weighted by Crippen LogP contribution is -2.43. The van der Waals surface area contributed by atoms with Gasteiger partial charge in [-0.15, -0.1) is 0 Å². The summed E-state index contributed by atoms with van der Waals surface area (Å²) in [5.41, 5.74) is -0.202. The third kappa shape index (κ3) is 3.81. The number of nitrogens with one attached hydrogen (secondary N) is 1. The van der Waals surface area contributed by atoms with E-state index in [1.54, 1.807) is 4.90 Å². The minimum absolute atomic E-state index is 0.0661. The van der Waals surface area contributed by atoms with E-state index in [0.717, 1.165) is 29.7 Å². The van der Waals surface area contributed by atoms with E-state index in [-0.39, 0.29) is 26.0 Å². The summed E-state index contributed by atoms with van der Waals surface area (Å²) in [7, 11) is -3.87. The average molecular weight is 398 g/mol. The number of carbonyl (C=O) groups excluding carboxylic acids is 1. The van der Waals surface area contributed by atoms with Crippen molar-refractivity contribution in [1.82, 2.24) is 9.88 Å². The zero-order chi connectivity index (χ0) is 18.7. The van der Waals surface area contributed by atoms with E-state index in [2.05, 4.69) is 10.3 Å². The number of aromatic nitrogens is 1. The molecule has 1 aromatic heterocycles. The van der Waals surface area contributed by atoms with Crippen LogP contribution in [0.3, 0.4) is 0 Å². The largest absolute Gasteiger partial charge is 0.378 e. The summed E-state index contributed by atoms with van der Waals surface area (Å²) < 4.78 is 30.3. The molecule has 1 fully saturated rings. The van der Waals surface area contributed by atoms with Crippen LogP contribution in [0.25, 0.3) is 0 Å². The molecule has 1 aliphatic heterocycles. The topological polar surface area (TPSA) is 132 Å². The van der Waals surface area contributed by atoms with Gasteiger partial charge in [0.2, 0.25) is 9.84 Å². The Hall–Kier alpha value is -2.57. The van der Waals surface area contributed by atoms with Crippen LogP contribution in [0.15, 0.2) is 39.6 Å². The van der Waals surface area contributed by atoms with Crippen molar-refractivity contribution in [2.24, 2.45) is 0 Å². The molecule has 0 spiro atoms. The number of rotatable bonds is 4. The standard InChI is InChI=1S/C14H14N4O6S2/c19-14(17-5-7-24-8-6-17)16-13-15-9-12(25-13)26(22,23)11-3-1-10(2-4-11)18(20)21/h1-4,9H,5-8H2,(H,15,16,19). The first-order valence-electron chi connectivity index (χ1n) is 7.47. The van der Waals surface area contributed by atoms with Gasteiger partial charge in [-0.25, -0.2) is 18.2 Å². The number of carbonyl (C=O) groups is 1. The van der Waals surface area contributed by atoms with Crippen LogP contribution >= 0.6 is 11.3 Å². The monoisotopic (exact) mass is 398 g/mol. The summed E-state index contributed by atoms with van der Waals surface area (Å²) in [5, 5.41) is 13.4. The molecule has 1 N–H and O–H groups in total. The van der Waals surface area contributed by atoms with Crippen molar-refractivity contribution in [3.63, 3.8) is 0 Å². The Kier molecular flexibility index (Phi) is 5.15. The van der Waals surface area contributed by atoms with Crippen LogP contribution in [-0.4, -0.2) is 55.6 Å². The van der Waals surface area contributed by atoms with Gasteiger partial charge in [-0.05, 0) is 12.1 Å². The predicted octanol–water partition coefficient (Wildman–Crippen LogP) is 1.75. The zero-order valence-electron chi connectivity index (χ0n) is 13.3. The number of nitro benzene ring substituents is 1. The summed E-state index contributed by atoms with van der Waals surface area (Å²) >= 11 is 0.815. The molecule has 0 aliphatic carbocycles. The first-order valence-corrected chi connectivity index (χ1v) is 9.77. The molecule has 0 radical (unpaired) electrons. The van der Waals surface area contributed by atoms with Crippen LogP contribution in [0, 0.1) is 10.1 Å². The molecule has 12 heteroatoms. The SMILES string of the molecule is O=C(Nc1ncc(S(=O)(=O)c2ccc([N+](=O)[O-])cc2)s1)N1CCOCC1. The van der Waals surface area contributed by atoms with Crippen LogP contribution in [0.1, 0.15) is 0 Å². The number of nitrogens with zero attached hydrogens (tertiary/aromatic N) is 3. The first-order chi connectivity index (χ1) is 12.4. The van der Waals surface area contributed by atoms with Gasteiger partial charge in [-0.2, -0.15) is 0 Å². The first kappa shape index (κ1) is 18.2. The highest BCUT2D eigenvalue weighted by Crippen LogP contribution is 2.29. The Morgan fingerprint density at radius 1 is 1.27 bits per heavy atom. The molecule has 3 rings (SSSR count). The molecule has 1 saturated heterocycles. The van der Waals surface area contributed by atoms with Crippen molar-refractivity contribution < 1.29 is 22.9 Å². The number of hydrogen-bond donors (Lipinski definition) is 1. The minimum atomic E-state index is -3.87. The lowest BCUT2D eigenvalue weighted by Gasteiger charge is -2.26. The third-order valence-corrected chi connectivity index (χ3v) is 6.76. The number of non-ortho nitro benzene ring substituents is 1. The molecule has 2 heterocycles. The summed E-state index contributed by atoms with van der Waals surface area (Å²) in [5.74, 6) is 0. The number of benzene rings is 1. The Morgan fingerprint density at radius 3 is 2.54 bits per heavy atom. The van der Waals surface area contributed by atoms with Crippen LogP contribution < -0.4 is 5.32 Å². The van der Waals surface area contributed by atoms with E-state index in [4.69, 9.17) is 4.74 Å². The van der Waals surface area contributed by atoms with Gasteiger partial charge in [0.1, 0.15) is 4.21 Å². The van der Waals surface area contributed by atoms with Gasteiger partial charge < -0.3 is 9.64 Å². The molecule has 10 nitrogen and oxygen atoms in total. The predicted molar refractivity (Wildman–Crippen MR) is 92.1 cm³/mol. The van der Waals surface area contributed by atoms with E-state index in [9.17, 15) is 23.3 Å². The number of thiazole rings is 1. The van der Waals surface area contributed by atoms with E-state index < -0.39 is 14.8 Å². The second-order valence-electron chi connectivity index (χ2n) is 5.27. The van der Waals surface area contributed by atoms with Crippen LogP contribution in [0.2, 0.25) is 0 Å². The number of morpholine rings is 1. The molecule has 0 bridgehead atoms. The van der Waals surface area contributed by atoms with Crippen molar-refractivity contribution in [2.45, 2.75) is 9.10 Å². The third-order valence-electron chi connectivity index (χ3n) is 3.62. The highest BCUT2D eigenvalue weighted by molar-refractivity contribution is 7.93. The molecule has 0 atom stereocenters. The molecule has 0 unspecified atom stereocenters. The lowest BCUT2D eigenvalue weighted by atomic mass is 10.3. The van der Waals surface area contributed by atoms with E-state index in [1.807, 2.05) is 0 Å². The van der Waals surface area contributed by atoms with Crippen LogP contribution in [0.4, 0.5) is 15.6 Å². The maximum atomic E-state index is 12.6. The smallest absolute Gasteiger partial charge is 0.323 e. The fourth-order valence-electron chi connectivity index (χ4n) is 2.24. The van der Waals surface area contributed by atoms with Crippen molar-refractivity contribution in [1.29, 1.82) is 0 Å². The molecule has 26 heavy (non-hydrogen) atoms. The number of nitro groups is 1. The molecule has 0 saturated carbocycles. The highest BCUT2D eigenvalue weighted by atomic mass is 32.2. The molecule has 1 aromatic carbocycles.